The minimum Gasteiger partial charge on any atom is -0.357 e. The quantitative estimate of drug-likeness (QED) is 0.454. The molecule has 1 aromatic rings. The van der Waals surface area contributed by atoms with Crippen LogP contribution in [0.2, 0.25) is 0 Å². The van der Waals surface area contributed by atoms with Gasteiger partial charge in [0, 0.05) is 12.4 Å². The van der Waals surface area contributed by atoms with E-state index in [-0.39, 0.29) is 5.91 Å². The van der Waals surface area contributed by atoms with Gasteiger partial charge >= 0.3 is 0 Å². The van der Waals surface area contributed by atoms with Gasteiger partial charge in [0.15, 0.2) is 0 Å². The summed E-state index contributed by atoms with van der Waals surface area (Å²) in [5.74, 6) is 0.251. The minimum atomic E-state index is -0.201. The van der Waals surface area contributed by atoms with Gasteiger partial charge in [0.05, 0.1) is 0 Å². The lowest BCUT2D eigenvalue weighted by molar-refractivity contribution is 0.0950. The third-order valence-corrected chi connectivity index (χ3v) is 2.60. The molecule has 1 aliphatic carbocycles. The Morgan fingerprint density at radius 3 is 3.19 bits per heavy atom. The molecule has 1 amide bonds. The van der Waals surface area contributed by atoms with Crippen molar-refractivity contribution in [3.05, 3.63) is 36.2 Å². The fourth-order valence-corrected chi connectivity index (χ4v) is 1.69. The molecule has 1 aromatic heterocycles. The topological polar surface area (TPSA) is 57.2 Å². The SMILES string of the molecule is O=C(N/N=C\[C@@H]1CC=CCC1)c1ccc[nH]1. The highest BCUT2D eigenvalue weighted by Gasteiger charge is 2.07. The summed E-state index contributed by atoms with van der Waals surface area (Å²) in [6, 6.07) is 3.50. The molecule has 84 valence electrons. The molecular weight excluding hydrogens is 202 g/mol. The van der Waals surface area contributed by atoms with Crippen LogP contribution >= 0.6 is 0 Å². The van der Waals surface area contributed by atoms with Crippen LogP contribution in [0.15, 0.2) is 35.6 Å². The zero-order valence-corrected chi connectivity index (χ0v) is 9.02. The molecule has 4 heteroatoms. The largest absolute Gasteiger partial charge is 0.357 e. The second-order valence-electron chi connectivity index (χ2n) is 3.85. The molecule has 0 aliphatic heterocycles. The second-order valence-corrected chi connectivity index (χ2v) is 3.85. The van der Waals surface area contributed by atoms with E-state index in [2.05, 4.69) is 27.7 Å². The number of allylic oxidation sites excluding steroid dienone is 2. The van der Waals surface area contributed by atoms with Crippen molar-refractivity contribution in [3.8, 4) is 0 Å². The van der Waals surface area contributed by atoms with Crippen molar-refractivity contribution in [2.45, 2.75) is 19.3 Å². The van der Waals surface area contributed by atoms with E-state index in [1.807, 2.05) is 6.21 Å². The third kappa shape index (κ3) is 2.82. The van der Waals surface area contributed by atoms with Crippen LogP contribution in [-0.4, -0.2) is 17.1 Å². The lowest BCUT2D eigenvalue weighted by Gasteiger charge is -2.11. The second kappa shape index (κ2) is 5.30. The Bertz CT molecular complexity index is 392. The molecule has 16 heavy (non-hydrogen) atoms. The van der Waals surface area contributed by atoms with Crippen LogP contribution < -0.4 is 5.43 Å². The van der Waals surface area contributed by atoms with Crippen molar-refractivity contribution < 1.29 is 4.79 Å². The number of H-pyrrole nitrogens is 1. The van der Waals surface area contributed by atoms with Crippen LogP contribution in [0, 0.1) is 5.92 Å². The van der Waals surface area contributed by atoms with Gasteiger partial charge in [0.25, 0.3) is 5.91 Å². The summed E-state index contributed by atoms with van der Waals surface area (Å²) in [6.45, 7) is 0. The zero-order valence-electron chi connectivity index (χ0n) is 9.02. The van der Waals surface area contributed by atoms with Gasteiger partial charge in [-0.05, 0) is 37.3 Å². The van der Waals surface area contributed by atoms with E-state index in [1.165, 1.54) is 0 Å². The summed E-state index contributed by atoms with van der Waals surface area (Å²) in [5, 5.41) is 3.97. The molecule has 0 unspecified atom stereocenters. The van der Waals surface area contributed by atoms with Crippen molar-refractivity contribution in [1.29, 1.82) is 0 Å². The number of hydrogen-bond donors (Lipinski definition) is 2. The van der Waals surface area contributed by atoms with E-state index < -0.39 is 0 Å². The number of rotatable bonds is 3. The molecule has 0 radical (unpaired) electrons. The first kappa shape index (κ1) is 10.7. The van der Waals surface area contributed by atoms with Crippen molar-refractivity contribution in [2.75, 3.05) is 0 Å². The van der Waals surface area contributed by atoms with Gasteiger partial charge in [-0.3, -0.25) is 4.79 Å². The van der Waals surface area contributed by atoms with Crippen LogP contribution in [0.5, 0.6) is 0 Å². The molecule has 0 spiro atoms. The molecule has 0 bridgehead atoms. The zero-order chi connectivity index (χ0) is 11.2. The maximum Gasteiger partial charge on any atom is 0.287 e. The van der Waals surface area contributed by atoms with Crippen molar-refractivity contribution in [1.82, 2.24) is 10.4 Å². The molecule has 1 heterocycles. The molecule has 2 rings (SSSR count). The number of hydrazone groups is 1. The summed E-state index contributed by atoms with van der Waals surface area (Å²) in [5.41, 5.74) is 3.04. The fraction of sp³-hybridized carbons (Fsp3) is 0.333. The molecule has 0 fully saturated rings. The number of hydrogen-bond acceptors (Lipinski definition) is 2. The first-order valence-electron chi connectivity index (χ1n) is 5.48. The van der Waals surface area contributed by atoms with Gasteiger partial charge in [-0.1, -0.05) is 12.2 Å². The lowest BCUT2D eigenvalue weighted by Crippen LogP contribution is -2.19. The van der Waals surface area contributed by atoms with Gasteiger partial charge in [-0.2, -0.15) is 5.10 Å². The van der Waals surface area contributed by atoms with E-state index in [0.717, 1.165) is 19.3 Å². The van der Waals surface area contributed by atoms with E-state index in [0.29, 0.717) is 11.6 Å². The average Bonchev–Trinajstić information content (AvgIpc) is 2.84. The van der Waals surface area contributed by atoms with E-state index >= 15 is 0 Å². The highest BCUT2D eigenvalue weighted by Crippen LogP contribution is 2.15. The Labute approximate surface area is 94.4 Å². The fourth-order valence-electron chi connectivity index (χ4n) is 1.69. The van der Waals surface area contributed by atoms with Gasteiger partial charge in [-0.15, -0.1) is 0 Å². The van der Waals surface area contributed by atoms with Crippen LogP contribution in [0.1, 0.15) is 29.8 Å². The van der Waals surface area contributed by atoms with Crippen LogP contribution in [0.4, 0.5) is 0 Å². The van der Waals surface area contributed by atoms with Gasteiger partial charge in [0.2, 0.25) is 0 Å². The molecule has 0 saturated carbocycles. The van der Waals surface area contributed by atoms with Gasteiger partial charge < -0.3 is 4.98 Å². The summed E-state index contributed by atoms with van der Waals surface area (Å²) in [6.07, 6.45) is 11.1. The van der Waals surface area contributed by atoms with Crippen molar-refractivity contribution in [2.24, 2.45) is 11.0 Å². The number of carbonyl (C=O) groups excluding carboxylic acids is 1. The Morgan fingerprint density at radius 1 is 1.56 bits per heavy atom. The summed E-state index contributed by atoms with van der Waals surface area (Å²) >= 11 is 0. The van der Waals surface area contributed by atoms with E-state index in [1.54, 1.807) is 18.3 Å². The molecule has 1 aliphatic rings. The number of nitrogens with zero attached hydrogens (tertiary/aromatic N) is 1. The lowest BCUT2D eigenvalue weighted by atomic mass is 9.96. The van der Waals surface area contributed by atoms with Crippen LogP contribution in [0.3, 0.4) is 0 Å². The molecular formula is C12H15N3O. The Hall–Kier alpha value is -1.84. The third-order valence-electron chi connectivity index (χ3n) is 2.60. The summed E-state index contributed by atoms with van der Waals surface area (Å²) in [4.78, 5) is 14.3. The van der Waals surface area contributed by atoms with Gasteiger partial charge in [0.1, 0.15) is 5.69 Å². The first-order chi connectivity index (χ1) is 7.86. The van der Waals surface area contributed by atoms with Crippen molar-refractivity contribution in [3.63, 3.8) is 0 Å². The molecule has 0 aromatic carbocycles. The molecule has 4 nitrogen and oxygen atoms in total. The Kier molecular flexibility index (Phi) is 3.53. The van der Waals surface area contributed by atoms with E-state index in [4.69, 9.17) is 0 Å². The maximum absolute atomic E-state index is 11.5. The van der Waals surface area contributed by atoms with Crippen LogP contribution in [0.25, 0.3) is 0 Å². The smallest absolute Gasteiger partial charge is 0.287 e. The highest BCUT2D eigenvalue weighted by atomic mass is 16.2. The summed E-state index contributed by atoms with van der Waals surface area (Å²) < 4.78 is 0. The predicted octanol–water partition coefficient (Wildman–Crippen LogP) is 2.09. The normalized spacial score (nSPS) is 20.1. The predicted molar refractivity (Wildman–Crippen MR) is 63.2 cm³/mol. The monoisotopic (exact) mass is 217 g/mol. The number of aromatic nitrogens is 1. The average molecular weight is 217 g/mol. The number of nitrogens with one attached hydrogen (secondary N) is 2. The number of amides is 1. The minimum absolute atomic E-state index is 0.201. The molecule has 0 saturated heterocycles. The van der Waals surface area contributed by atoms with E-state index in [9.17, 15) is 4.79 Å². The standard InChI is InChI=1S/C12H15N3O/c16-12(11-7-4-8-13-11)15-14-9-10-5-2-1-3-6-10/h1-2,4,7-10,13H,3,5-6H2,(H,15,16)/b14-9-/t10-/m1/s1. The summed E-state index contributed by atoms with van der Waals surface area (Å²) in [7, 11) is 0. The van der Waals surface area contributed by atoms with Crippen LogP contribution in [-0.2, 0) is 0 Å². The van der Waals surface area contributed by atoms with Crippen molar-refractivity contribution >= 4 is 12.1 Å². The first-order valence-corrected chi connectivity index (χ1v) is 5.48. The number of carbonyl (C=O) groups is 1. The maximum atomic E-state index is 11.5. The number of aromatic amines is 1. The Balaban J connectivity index is 1.80. The molecule has 2 N–H and O–H groups in total. The van der Waals surface area contributed by atoms with Gasteiger partial charge in [-0.25, -0.2) is 5.43 Å². The highest BCUT2D eigenvalue weighted by molar-refractivity contribution is 5.92. The Morgan fingerprint density at radius 2 is 2.50 bits per heavy atom. The molecule has 1 atom stereocenters.